The fraction of sp³-hybridized carbons (Fsp3) is 0.182. The van der Waals surface area contributed by atoms with E-state index in [4.69, 9.17) is 9.47 Å². The first kappa shape index (κ1) is 22.3. The molecule has 0 aliphatic heterocycles. The van der Waals surface area contributed by atoms with Crippen LogP contribution in [0.3, 0.4) is 0 Å². The van der Waals surface area contributed by atoms with E-state index in [1.165, 1.54) is 32.5 Å². The van der Waals surface area contributed by atoms with Crippen LogP contribution in [0.5, 0.6) is 5.75 Å². The zero-order chi connectivity index (χ0) is 22.4. The molecule has 0 saturated carbocycles. The molecular formula is C22H22N2O6S. The van der Waals surface area contributed by atoms with Crippen molar-refractivity contribution in [2.75, 3.05) is 19.5 Å². The van der Waals surface area contributed by atoms with Crippen LogP contribution < -0.4 is 10.1 Å². The molecule has 0 aliphatic rings. The fourth-order valence-corrected chi connectivity index (χ4v) is 4.47. The van der Waals surface area contributed by atoms with E-state index in [1.807, 2.05) is 0 Å². The number of methoxy groups -OCH3 is 2. The Kier molecular flexibility index (Phi) is 6.88. The number of aromatic nitrogens is 1. The summed E-state index contributed by atoms with van der Waals surface area (Å²) in [4.78, 5) is 16.3. The highest BCUT2D eigenvalue weighted by Crippen LogP contribution is 2.27. The smallest absolute Gasteiger partial charge is 0.339 e. The van der Waals surface area contributed by atoms with Gasteiger partial charge in [-0.15, -0.1) is 0 Å². The number of ether oxygens (including phenoxy) is 2. The maximum Gasteiger partial charge on any atom is 0.339 e. The summed E-state index contributed by atoms with van der Waals surface area (Å²) in [5, 5.41) is 12.6. The van der Waals surface area contributed by atoms with Gasteiger partial charge in [-0.25, -0.2) is 18.2 Å². The van der Waals surface area contributed by atoms with Crippen molar-refractivity contribution in [3.63, 3.8) is 0 Å². The van der Waals surface area contributed by atoms with Crippen LogP contribution in [0.1, 0.15) is 21.5 Å². The van der Waals surface area contributed by atoms with Crippen molar-refractivity contribution in [1.29, 1.82) is 0 Å². The van der Waals surface area contributed by atoms with E-state index in [1.54, 1.807) is 42.5 Å². The first-order valence-corrected chi connectivity index (χ1v) is 10.8. The summed E-state index contributed by atoms with van der Waals surface area (Å²) < 4.78 is 36.2. The maximum atomic E-state index is 13.2. The number of aliphatic hydroxyl groups excluding tert-OH is 1. The molecule has 3 aromatic rings. The summed E-state index contributed by atoms with van der Waals surface area (Å²) in [5.41, 5.74) is 1.49. The van der Waals surface area contributed by atoms with E-state index in [0.717, 1.165) is 0 Å². The largest absolute Gasteiger partial charge is 0.497 e. The number of esters is 1. The Balaban J connectivity index is 1.96. The molecule has 0 atom stereocenters. The van der Waals surface area contributed by atoms with Crippen LogP contribution in [0, 0.1) is 0 Å². The summed E-state index contributed by atoms with van der Waals surface area (Å²) in [6.45, 7) is -0.253. The van der Waals surface area contributed by atoms with Crippen LogP contribution in [0.15, 0.2) is 70.7 Å². The molecule has 3 rings (SSSR count). The third-order valence-electron chi connectivity index (χ3n) is 4.66. The number of nitrogens with one attached hydrogen (secondary N) is 1. The van der Waals surface area contributed by atoms with E-state index in [-0.39, 0.29) is 28.6 Å². The highest BCUT2D eigenvalue weighted by Gasteiger charge is 2.23. The van der Waals surface area contributed by atoms with Gasteiger partial charge in [-0.3, -0.25) is 0 Å². The fourth-order valence-electron chi connectivity index (χ4n) is 3.07. The normalized spacial score (nSPS) is 11.1. The molecule has 8 nitrogen and oxygen atoms in total. The van der Waals surface area contributed by atoms with Crippen LogP contribution in [0.2, 0.25) is 0 Å². The molecule has 0 spiro atoms. The summed E-state index contributed by atoms with van der Waals surface area (Å²) in [5.74, 6) is -0.0344. The first-order chi connectivity index (χ1) is 14.9. The second-order valence-electron chi connectivity index (χ2n) is 6.49. The monoisotopic (exact) mass is 442 g/mol. The third kappa shape index (κ3) is 4.68. The van der Waals surface area contributed by atoms with Gasteiger partial charge in [-0.2, -0.15) is 0 Å². The Labute approximate surface area is 180 Å². The zero-order valence-electron chi connectivity index (χ0n) is 17.0. The Morgan fingerprint density at radius 2 is 1.74 bits per heavy atom. The van der Waals surface area contributed by atoms with Gasteiger partial charge in [0.15, 0.2) is 5.03 Å². The number of sulfone groups is 1. The molecular weight excluding hydrogens is 420 g/mol. The lowest BCUT2D eigenvalue weighted by atomic mass is 10.1. The number of benzene rings is 2. The quantitative estimate of drug-likeness (QED) is 0.512. The van der Waals surface area contributed by atoms with E-state index in [0.29, 0.717) is 22.6 Å². The molecule has 162 valence electrons. The summed E-state index contributed by atoms with van der Waals surface area (Å²) in [7, 11) is -1.13. The highest BCUT2D eigenvalue weighted by atomic mass is 32.2. The van der Waals surface area contributed by atoms with Crippen molar-refractivity contribution in [2.45, 2.75) is 23.1 Å². The van der Waals surface area contributed by atoms with Gasteiger partial charge in [0.25, 0.3) is 0 Å². The van der Waals surface area contributed by atoms with Crippen LogP contribution in [0.4, 0.5) is 5.69 Å². The number of hydrogen-bond acceptors (Lipinski definition) is 8. The SMILES string of the molecule is COC(=O)c1cccc(CO)c1NCc1cccnc1S(=O)(=O)c1ccc(OC)cc1. The lowest BCUT2D eigenvalue weighted by Crippen LogP contribution is -2.14. The number of rotatable bonds is 8. The van der Waals surface area contributed by atoms with Crippen LogP contribution in [0.25, 0.3) is 0 Å². The molecule has 0 saturated heterocycles. The van der Waals surface area contributed by atoms with Crippen LogP contribution >= 0.6 is 0 Å². The van der Waals surface area contributed by atoms with Gasteiger partial charge in [0, 0.05) is 23.9 Å². The van der Waals surface area contributed by atoms with Crippen molar-refractivity contribution in [3.8, 4) is 5.75 Å². The molecule has 0 aliphatic carbocycles. The minimum Gasteiger partial charge on any atom is -0.497 e. The second-order valence-corrected chi connectivity index (χ2v) is 8.35. The number of aliphatic hydroxyl groups is 1. The molecule has 9 heteroatoms. The number of nitrogens with zero attached hydrogens (tertiary/aromatic N) is 1. The maximum absolute atomic E-state index is 13.2. The highest BCUT2D eigenvalue weighted by molar-refractivity contribution is 7.91. The van der Waals surface area contributed by atoms with Gasteiger partial charge in [-0.1, -0.05) is 18.2 Å². The van der Waals surface area contributed by atoms with Gasteiger partial charge in [0.2, 0.25) is 9.84 Å². The molecule has 0 unspecified atom stereocenters. The summed E-state index contributed by atoms with van der Waals surface area (Å²) in [6, 6.07) is 14.2. The van der Waals surface area contributed by atoms with Crippen LogP contribution in [-0.2, 0) is 27.7 Å². The zero-order valence-corrected chi connectivity index (χ0v) is 17.8. The number of carbonyl (C=O) groups excluding carboxylic acids is 1. The van der Waals surface area contributed by atoms with E-state index in [9.17, 15) is 18.3 Å². The Hall–Kier alpha value is -3.43. The number of anilines is 1. The molecule has 1 heterocycles. The van der Waals surface area contributed by atoms with E-state index in [2.05, 4.69) is 10.3 Å². The Morgan fingerprint density at radius 1 is 1.03 bits per heavy atom. The minimum absolute atomic E-state index is 0.0551. The molecule has 0 radical (unpaired) electrons. The third-order valence-corrected chi connectivity index (χ3v) is 6.43. The molecule has 0 bridgehead atoms. The van der Waals surface area contributed by atoms with Gasteiger partial charge in [0.05, 0.1) is 37.0 Å². The molecule has 0 amide bonds. The second kappa shape index (κ2) is 9.59. The molecule has 2 N–H and O–H groups in total. The number of hydrogen-bond donors (Lipinski definition) is 2. The van der Waals surface area contributed by atoms with E-state index < -0.39 is 15.8 Å². The Bertz CT molecular complexity index is 1180. The minimum atomic E-state index is -3.89. The number of pyridine rings is 1. The van der Waals surface area contributed by atoms with Gasteiger partial charge < -0.3 is 19.9 Å². The van der Waals surface area contributed by atoms with Crippen molar-refractivity contribution in [3.05, 3.63) is 77.5 Å². The lowest BCUT2D eigenvalue weighted by molar-refractivity contribution is 0.0601. The molecule has 2 aromatic carbocycles. The topological polar surface area (TPSA) is 115 Å². The standard InChI is InChI=1S/C22H22N2O6S/c1-29-17-8-10-18(11-9-17)31(27,28)21-15(6-4-12-23-21)13-24-20-16(14-25)5-3-7-19(20)22(26)30-2/h3-12,24-25H,13-14H2,1-2H3. The van der Waals surface area contributed by atoms with Gasteiger partial charge in [-0.05, 0) is 36.4 Å². The first-order valence-electron chi connectivity index (χ1n) is 9.30. The van der Waals surface area contributed by atoms with Crippen molar-refractivity contribution < 1.29 is 27.8 Å². The summed E-state index contributed by atoms with van der Waals surface area (Å²) >= 11 is 0. The van der Waals surface area contributed by atoms with Gasteiger partial charge >= 0.3 is 5.97 Å². The number of para-hydroxylation sites is 1. The van der Waals surface area contributed by atoms with Crippen LogP contribution in [-0.4, -0.2) is 38.7 Å². The Morgan fingerprint density at radius 3 is 2.39 bits per heavy atom. The predicted molar refractivity (Wildman–Crippen MR) is 114 cm³/mol. The molecule has 31 heavy (non-hydrogen) atoms. The summed E-state index contributed by atoms with van der Waals surface area (Å²) in [6.07, 6.45) is 1.40. The average Bonchev–Trinajstić information content (AvgIpc) is 2.82. The van der Waals surface area contributed by atoms with Gasteiger partial charge in [0.1, 0.15) is 5.75 Å². The lowest BCUT2D eigenvalue weighted by Gasteiger charge is -2.16. The van der Waals surface area contributed by atoms with E-state index >= 15 is 0 Å². The molecule has 0 fully saturated rings. The average molecular weight is 442 g/mol. The predicted octanol–water partition coefficient (Wildman–Crippen LogP) is 2.81. The van der Waals surface area contributed by atoms with Crippen molar-refractivity contribution in [1.82, 2.24) is 4.98 Å². The van der Waals surface area contributed by atoms with Crippen molar-refractivity contribution in [2.24, 2.45) is 0 Å². The van der Waals surface area contributed by atoms with Crippen molar-refractivity contribution >= 4 is 21.5 Å². The molecule has 1 aromatic heterocycles. The number of carbonyl (C=O) groups is 1.